The molecule has 4 aromatic carbocycles. The maximum absolute atomic E-state index is 12.1. The van der Waals surface area contributed by atoms with Crippen LogP contribution < -0.4 is 24.8 Å². The molecular weight excluding hydrogens is 444 g/mol. The second-order valence-corrected chi connectivity index (χ2v) is 7.45. The first kappa shape index (κ1) is 23.4. The zero-order chi connectivity index (χ0) is 24.3. The van der Waals surface area contributed by atoms with Gasteiger partial charge in [0.25, 0.3) is 11.8 Å². The van der Waals surface area contributed by atoms with Crippen molar-refractivity contribution in [2.24, 2.45) is 0 Å². The Balaban J connectivity index is 1.21. The Morgan fingerprint density at radius 1 is 0.486 bits per heavy atom. The molecule has 35 heavy (non-hydrogen) atoms. The summed E-state index contributed by atoms with van der Waals surface area (Å²) in [5.74, 6) is 1.98. The molecule has 0 aliphatic heterocycles. The van der Waals surface area contributed by atoms with Gasteiger partial charge in [-0.1, -0.05) is 36.4 Å². The second-order valence-electron chi connectivity index (χ2n) is 7.45. The van der Waals surface area contributed by atoms with E-state index in [0.29, 0.717) is 34.4 Å². The lowest BCUT2D eigenvalue weighted by atomic mass is 10.2. The van der Waals surface area contributed by atoms with Gasteiger partial charge in [0, 0.05) is 11.4 Å². The Labute approximate surface area is 203 Å². The van der Waals surface area contributed by atoms with E-state index in [1.54, 1.807) is 72.8 Å². The minimum atomic E-state index is -0.255. The van der Waals surface area contributed by atoms with E-state index in [2.05, 4.69) is 10.6 Å². The fourth-order valence-electron chi connectivity index (χ4n) is 3.07. The van der Waals surface area contributed by atoms with Crippen LogP contribution in [0.1, 0.15) is 0 Å². The summed E-state index contributed by atoms with van der Waals surface area (Å²) in [7, 11) is 0. The van der Waals surface area contributed by atoms with Gasteiger partial charge in [-0.25, -0.2) is 0 Å². The van der Waals surface area contributed by atoms with Crippen molar-refractivity contribution in [2.45, 2.75) is 0 Å². The fourth-order valence-corrected chi connectivity index (χ4v) is 3.07. The van der Waals surface area contributed by atoms with Crippen LogP contribution in [0.25, 0.3) is 0 Å². The largest absolute Gasteiger partial charge is 0.484 e. The van der Waals surface area contributed by atoms with Gasteiger partial charge >= 0.3 is 0 Å². The Bertz CT molecular complexity index is 1130. The molecule has 4 rings (SSSR count). The van der Waals surface area contributed by atoms with E-state index < -0.39 is 0 Å². The van der Waals surface area contributed by atoms with Crippen LogP contribution in [0.15, 0.2) is 109 Å². The molecule has 0 atom stereocenters. The Morgan fingerprint density at radius 3 is 1.23 bits per heavy atom. The molecule has 0 aliphatic carbocycles. The molecule has 0 aliphatic rings. The van der Waals surface area contributed by atoms with Gasteiger partial charge in [-0.2, -0.15) is 0 Å². The third-order valence-electron chi connectivity index (χ3n) is 4.74. The molecule has 0 aromatic heterocycles. The number of amides is 2. The van der Waals surface area contributed by atoms with E-state index in [1.165, 1.54) is 0 Å². The number of anilines is 2. The summed E-state index contributed by atoms with van der Waals surface area (Å²) in [6.45, 7) is -0.160. The summed E-state index contributed by atoms with van der Waals surface area (Å²) in [6.07, 6.45) is 0. The van der Waals surface area contributed by atoms with Crippen LogP contribution >= 0.6 is 0 Å². The SMILES string of the molecule is O=C(COc1ccccc1)Nc1ccc(Oc2ccc(NC(=O)COc3ccccc3)cc2)cc1. The number of carbonyl (C=O) groups is 2. The number of hydrogen-bond acceptors (Lipinski definition) is 5. The smallest absolute Gasteiger partial charge is 0.262 e. The minimum absolute atomic E-state index is 0.0798. The molecule has 0 saturated carbocycles. The van der Waals surface area contributed by atoms with E-state index in [0.717, 1.165) is 0 Å². The summed E-state index contributed by atoms with van der Waals surface area (Å²) >= 11 is 0. The highest BCUT2D eigenvalue weighted by Crippen LogP contribution is 2.24. The molecule has 0 radical (unpaired) electrons. The van der Waals surface area contributed by atoms with Crippen molar-refractivity contribution in [3.05, 3.63) is 109 Å². The maximum atomic E-state index is 12.1. The van der Waals surface area contributed by atoms with Crippen LogP contribution in [-0.2, 0) is 9.59 Å². The number of carbonyl (C=O) groups excluding carboxylic acids is 2. The van der Waals surface area contributed by atoms with Crippen LogP contribution in [0, 0.1) is 0 Å². The predicted octanol–water partition coefficient (Wildman–Crippen LogP) is 5.51. The number of ether oxygens (including phenoxy) is 3. The minimum Gasteiger partial charge on any atom is -0.484 e. The van der Waals surface area contributed by atoms with Gasteiger partial charge in [0.1, 0.15) is 23.0 Å². The van der Waals surface area contributed by atoms with Crippen molar-refractivity contribution in [1.82, 2.24) is 0 Å². The van der Waals surface area contributed by atoms with Gasteiger partial charge in [0.05, 0.1) is 0 Å². The van der Waals surface area contributed by atoms with Crippen LogP contribution in [0.2, 0.25) is 0 Å². The first-order valence-electron chi connectivity index (χ1n) is 11.0. The molecule has 4 aromatic rings. The van der Waals surface area contributed by atoms with Crippen LogP contribution in [0.5, 0.6) is 23.0 Å². The maximum Gasteiger partial charge on any atom is 0.262 e. The number of para-hydroxylation sites is 2. The quantitative estimate of drug-likeness (QED) is 0.320. The first-order chi connectivity index (χ1) is 17.1. The molecule has 7 heteroatoms. The average molecular weight is 469 g/mol. The molecule has 2 N–H and O–H groups in total. The second kappa shape index (κ2) is 11.9. The summed E-state index contributed by atoms with van der Waals surface area (Å²) in [5.41, 5.74) is 1.27. The summed E-state index contributed by atoms with van der Waals surface area (Å²) in [6, 6.07) is 32.3. The van der Waals surface area contributed by atoms with Crippen molar-refractivity contribution in [1.29, 1.82) is 0 Å². The first-order valence-corrected chi connectivity index (χ1v) is 11.0. The zero-order valence-electron chi connectivity index (χ0n) is 18.8. The zero-order valence-corrected chi connectivity index (χ0v) is 18.8. The highest BCUT2D eigenvalue weighted by Gasteiger charge is 2.06. The van der Waals surface area contributed by atoms with Gasteiger partial charge < -0.3 is 24.8 Å². The van der Waals surface area contributed by atoms with Crippen molar-refractivity contribution in [3.63, 3.8) is 0 Å². The Kier molecular flexibility index (Phi) is 7.95. The molecule has 0 saturated heterocycles. The number of hydrogen-bond donors (Lipinski definition) is 2. The van der Waals surface area contributed by atoms with Gasteiger partial charge in [-0.15, -0.1) is 0 Å². The molecular formula is C28H24N2O5. The van der Waals surface area contributed by atoms with E-state index >= 15 is 0 Å². The average Bonchev–Trinajstić information content (AvgIpc) is 2.90. The van der Waals surface area contributed by atoms with Crippen molar-refractivity contribution >= 4 is 23.2 Å². The summed E-state index contributed by atoms with van der Waals surface area (Å²) in [4.78, 5) is 24.2. The number of rotatable bonds is 10. The van der Waals surface area contributed by atoms with Crippen molar-refractivity contribution < 1.29 is 23.8 Å². The van der Waals surface area contributed by atoms with E-state index in [-0.39, 0.29) is 25.0 Å². The third kappa shape index (κ3) is 7.64. The standard InChI is InChI=1S/C28H24N2O5/c31-27(19-33-23-7-3-1-4-8-23)29-21-11-15-25(16-12-21)35-26-17-13-22(14-18-26)30-28(32)20-34-24-9-5-2-6-10-24/h1-18H,19-20H2,(H,29,31)(H,30,32). The molecule has 0 heterocycles. The lowest BCUT2D eigenvalue weighted by Gasteiger charge is -2.10. The monoisotopic (exact) mass is 468 g/mol. The van der Waals surface area contributed by atoms with E-state index in [1.807, 2.05) is 36.4 Å². The fraction of sp³-hybridized carbons (Fsp3) is 0.0714. The normalized spacial score (nSPS) is 10.2. The van der Waals surface area contributed by atoms with Gasteiger partial charge in [0.2, 0.25) is 0 Å². The molecule has 0 bridgehead atoms. The highest BCUT2D eigenvalue weighted by molar-refractivity contribution is 5.92. The molecule has 2 amide bonds. The van der Waals surface area contributed by atoms with Crippen LogP contribution in [0.3, 0.4) is 0 Å². The Hall–Kier alpha value is -4.78. The van der Waals surface area contributed by atoms with Crippen molar-refractivity contribution in [2.75, 3.05) is 23.8 Å². The van der Waals surface area contributed by atoms with Crippen LogP contribution in [0.4, 0.5) is 11.4 Å². The topological polar surface area (TPSA) is 85.9 Å². The van der Waals surface area contributed by atoms with Crippen LogP contribution in [-0.4, -0.2) is 25.0 Å². The molecule has 7 nitrogen and oxygen atoms in total. The molecule has 0 fully saturated rings. The summed E-state index contributed by atoms with van der Waals surface area (Å²) < 4.78 is 16.7. The third-order valence-corrected chi connectivity index (χ3v) is 4.74. The lowest BCUT2D eigenvalue weighted by molar-refractivity contribution is -0.118. The molecule has 0 spiro atoms. The summed E-state index contributed by atoms with van der Waals surface area (Å²) in [5, 5.41) is 5.56. The number of benzene rings is 4. The van der Waals surface area contributed by atoms with Crippen molar-refractivity contribution in [3.8, 4) is 23.0 Å². The highest BCUT2D eigenvalue weighted by atomic mass is 16.5. The predicted molar refractivity (Wildman–Crippen MR) is 134 cm³/mol. The molecule has 176 valence electrons. The molecule has 0 unspecified atom stereocenters. The van der Waals surface area contributed by atoms with Gasteiger partial charge in [0.15, 0.2) is 13.2 Å². The lowest BCUT2D eigenvalue weighted by Crippen LogP contribution is -2.20. The van der Waals surface area contributed by atoms with E-state index in [9.17, 15) is 9.59 Å². The Morgan fingerprint density at radius 2 is 0.857 bits per heavy atom. The van der Waals surface area contributed by atoms with Gasteiger partial charge in [-0.05, 0) is 72.8 Å². The number of nitrogens with one attached hydrogen (secondary N) is 2. The van der Waals surface area contributed by atoms with E-state index in [4.69, 9.17) is 14.2 Å². The van der Waals surface area contributed by atoms with Gasteiger partial charge in [-0.3, -0.25) is 9.59 Å².